The molecule has 5 heteroatoms. The highest BCUT2D eigenvalue weighted by Crippen LogP contribution is 2.45. The van der Waals surface area contributed by atoms with Gasteiger partial charge in [-0.3, -0.25) is 0 Å². The minimum Gasteiger partial charge on any atom is -0.464 e. The van der Waals surface area contributed by atoms with E-state index in [0.29, 0.717) is 24.5 Å². The summed E-state index contributed by atoms with van der Waals surface area (Å²) in [5.74, 6) is -1.17. The minimum atomic E-state index is -0.791. The number of hydrogen-bond donors (Lipinski definition) is 0. The van der Waals surface area contributed by atoms with Crippen LogP contribution in [0.2, 0.25) is 5.02 Å². The van der Waals surface area contributed by atoms with Gasteiger partial charge in [0.25, 0.3) is 0 Å². The first-order valence-corrected chi connectivity index (χ1v) is 9.19. The van der Waals surface area contributed by atoms with Gasteiger partial charge in [-0.15, -0.1) is 0 Å². The van der Waals surface area contributed by atoms with Crippen LogP contribution in [-0.2, 0) is 25.4 Å². The molecule has 1 aliphatic rings. The summed E-state index contributed by atoms with van der Waals surface area (Å²) in [5, 5.41) is 0.604. The molecular weight excluding hydrogens is 328 g/mol. The van der Waals surface area contributed by atoms with Gasteiger partial charge in [0.1, 0.15) is 6.10 Å². The van der Waals surface area contributed by atoms with Gasteiger partial charge in [0.2, 0.25) is 0 Å². The van der Waals surface area contributed by atoms with E-state index in [2.05, 4.69) is 6.92 Å². The first kappa shape index (κ1) is 19.2. The van der Waals surface area contributed by atoms with E-state index in [1.807, 2.05) is 32.0 Å². The number of ether oxygens (including phenoxy) is 3. The fourth-order valence-electron chi connectivity index (χ4n) is 3.19. The molecule has 4 nitrogen and oxygen atoms in total. The van der Waals surface area contributed by atoms with Gasteiger partial charge < -0.3 is 14.2 Å². The molecule has 134 valence electrons. The van der Waals surface area contributed by atoms with Gasteiger partial charge in [0.15, 0.2) is 11.9 Å². The van der Waals surface area contributed by atoms with Crippen LogP contribution < -0.4 is 0 Å². The summed E-state index contributed by atoms with van der Waals surface area (Å²) in [5.41, 5.74) is 1.94. The Hall–Kier alpha value is -1.10. The van der Waals surface area contributed by atoms with Crippen molar-refractivity contribution in [3.05, 3.63) is 34.3 Å². The summed E-state index contributed by atoms with van der Waals surface area (Å²) in [4.78, 5) is 12.5. The van der Waals surface area contributed by atoms with Crippen LogP contribution in [-0.4, -0.2) is 24.5 Å². The molecule has 0 saturated carbocycles. The maximum Gasteiger partial charge on any atom is 0.338 e. The zero-order chi connectivity index (χ0) is 17.7. The largest absolute Gasteiger partial charge is 0.464 e. The Morgan fingerprint density at radius 2 is 1.92 bits per heavy atom. The molecule has 0 unspecified atom stereocenters. The summed E-state index contributed by atoms with van der Waals surface area (Å²) in [6.07, 6.45) is 1.83. The Bertz CT molecular complexity index is 568. The minimum absolute atomic E-state index is 0.307. The first-order chi connectivity index (χ1) is 11.5. The molecule has 0 bridgehead atoms. The van der Waals surface area contributed by atoms with Crippen LogP contribution in [0.1, 0.15) is 64.2 Å². The van der Waals surface area contributed by atoms with Crippen LogP contribution >= 0.6 is 11.6 Å². The number of carbonyl (C=O) groups is 1. The van der Waals surface area contributed by atoms with Crippen LogP contribution in [0.5, 0.6) is 0 Å². The molecule has 0 amide bonds. The van der Waals surface area contributed by atoms with Crippen molar-refractivity contribution in [3.8, 4) is 0 Å². The number of esters is 1. The molecule has 1 saturated heterocycles. The summed E-state index contributed by atoms with van der Waals surface area (Å²) < 4.78 is 17.5. The van der Waals surface area contributed by atoms with Crippen molar-refractivity contribution in [1.29, 1.82) is 0 Å². The predicted octanol–water partition coefficient (Wildman–Crippen LogP) is 4.83. The molecule has 2 atom stereocenters. The van der Waals surface area contributed by atoms with Crippen LogP contribution in [0.4, 0.5) is 0 Å². The van der Waals surface area contributed by atoms with Crippen molar-refractivity contribution < 1.29 is 19.0 Å². The Labute approximate surface area is 149 Å². The van der Waals surface area contributed by atoms with Crippen LogP contribution in [0.3, 0.4) is 0 Å². The normalized spacial score (nSPS) is 22.5. The van der Waals surface area contributed by atoms with Crippen molar-refractivity contribution in [3.63, 3.8) is 0 Å². The van der Waals surface area contributed by atoms with Gasteiger partial charge in [-0.2, -0.15) is 0 Å². The number of hydrogen-bond acceptors (Lipinski definition) is 4. The first-order valence-electron chi connectivity index (χ1n) is 8.81. The van der Waals surface area contributed by atoms with Crippen LogP contribution in [0.25, 0.3) is 0 Å². The zero-order valence-electron chi connectivity index (χ0n) is 14.9. The van der Waals surface area contributed by atoms with E-state index in [0.717, 1.165) is 24.0 Å². The number of aryl methyl sites for hydroxylation is 1. The second-order valence-electron chi connectivity index (χ2n) is 6.01. The van der Waals surface area contributed by atoms with Crippen LogP contribution in [0, 0.1) is 0 Å². The SMILES string of the molecule is CCCc1cccc(Cl)c1[C@H]1OC(CC)(CC)O[C@@H]1C(=O)OCC. The lowest BCUT2D eigenvalue weighted by atomic mass is 9.96. The summed E-state index contributed by atoms with van der Waals surface area (Å²) in [6.45, 7) is 8.19. The molecule has 1 fully saturated rings. The van der Waals surface area contributed by atoms with Gasteiger partial charge in [0.05, 0.1) is 6.61 Å². The Morgan fingerprint density at radius 3 is 2.50 bits per heavy atom. The second kappa shape index (κ2) is 8.32. The molecule has 0 spiro atoms. The molecule has 1 aromatic carbocycles. The number of carbonyl (C=O) groups excluding carboxylic acids is 1. The Balaban J connectivity index is 2.46. The van der Waals surface area contributed by atoms with Crippen molar-refractivity contribution in [2.24, 2.45) is 0 Å². The van der Waals surface area contributed by atoms with E-state index in [4.69, 9.17) is 25.8 Å². The number of benzene rings is 1. The third-order valence-corrected chi connectivity index (χ3v) is 4.83. The topological polar surface area (TPSA) is 44.8 Å². The molecule has 1 heterocycles. The Kier molecular flexibility index (Phi) is 6.67. The molecule has 0 aliphatic carbocycles. The van der Waals surface area contributed by atoms with Gasteiger partial charge in [0, 0.05) is 10.6 Å². The van der Waals surface area contributed by atoms with Gasteiger partial charge in [-0.25, -0.2) is 4.79 Å². The molecule has 0 radical (unpaired) electrons. The monoisotopic (exact) mass is 354 g/mol. The number of halogens is 1. The maximum atomic E-state index is 12.5. The quantitative estimate of drug-likeness (QED) is 0.658. The molecule has 0 N–H and O–H groups in total. The molecule has 1 aromatic rings. The standard InChI is InChI=1S/C19H27ClO4/c1-5-10-13-11-9-12-14(20)15(13)16-17(18(21)22-8-4)24-19(6-2,7-3)23-16/h9,11-12,16-17H,5-8,10H2,1-4H3/t16-,17+/m1/s1. The molecule has 2 rings (SSSR count). The zero-order valence-corrected chi connectivity index (χ0v) is 15.7. The van der Waals surface area contributed by atoms with E-state index in [1.165, 1.54) is 0 Å². The molecule has 0 aromatic heterocycles. The summed E-state index contributed by atoms with van der Waals surface area (Å²) in [7, 11) is 0. The van der Waals surface area contributed by atoms with E-state index >= 15 is 0 Å². The van der Waals surface area contributed by atoms with Crippen LogP contribution in [0.15, 0.2) is 18.2 Å². The highest BCUT2D eigenvalue weighted by molar-refractivity contribution is 6.31. The van der Waals surface area contributed by atoms with Crippen molar-refractivity contribution in [2.75, 3.05) is 6.61 Å². The highest BCUT2D eigenvalue weighted by atomic mass is 35.5. The lowest BCUT2D eigenvalue weighted by Gasteiger charge is -2.25. The van der Waals surface area contributed by atoms with E-state index in [-0.39, 0.29) is 0 Å². The van der Waals surface area contributed by atoms with Gasteiger partial charge >= 0.3 is 5.97 Å². The average Bonchev–Trinajstić information content (AvgIpc) is 2.96. The third-order valence-electron chi connectivity index (χ3n) is 4.50. The summed E-state index contributed by atoms with van der Waals surface area (Å²) >= 11 is 6.48. The molecule has 1 aliphatic heterocycles. The van der Waals surface area contributed by atoms with Gasteiger partial charge in [-0.1, -0.05) is 50.9 Å². The fraction of sp³-hybridized carbons (Fsp3) is 0.632. The van der Waals surface area contributed by atoms with Crippen molar-refractivity contribution in [1.82, 2.24) is 0 Å². The third kappa shape index (κ3) is 3.76. The van der Waals surface area contributed by atoms with E-state index in [1.54, 1.807) is 6.92 Å². The van der Waals surface area contributed by atoms with Crippen molar-refractivity contribution >= 4 is 17.6 Å². The average molecular weight is 355 g/mol. The lowest BCUT2D eigenvalue weighted by Crippen LogP contribution is -2.32. The maximum absolute atomic E-state index is 12.5. The van der Waals surface area contributed by atoms with E-state index in [9.17, 15) is 4.79 Å². The second-order valence-corrected chi connectivity index (χ2v) is 6.42. The number of rotatable bonds is 7. The Morgan fingerprint density at radius 1 is 1.21 bits per heavy atom. The van der Waals surface area contributed by atoms with E-state index < -0.39 is 24.0 Å². The molecule has 24 heavy (non-hydrogen) atoms. The van der Waals surface area contributed by atoms with Crippen molar-refractivity contribution in [2.45, 2.75) is 71.4 Å². The van der Waals surface area contributed by atoms with Gasteiger partial charge in [-0.05, 0) is 37.8 Å². The lowest BCUT2D eigenvalue weighted by molar-refractivity contribution is -0.188. The highest BCUT2D eigenvalue weighted by Gasteiger charge is 2.51. The smallest absolute Gasteiger partial charge is 0.338 e. The summed E-state index contributed by atoms with van der Waals surface area (Å²) in [6, 6.07) is 5.80. The predicted molar refractivity (Wildman–Crippen MR) is 94.1 cm³/mol. The fourth-order valence-corrected chi connectivity index (χ4v) is 3.49. The molecular formula is C19H27ClO4.